The number of aryl methyl sites for hydroxylation is 1. The summed E-state index contributed by atoms with van der Waals surface area (Å²) in [7, 11) is 0. The first-order chi connectivity index (χ1) is 15.0. The number of amides is 2. The average Bonchev–Trinajstić information content (AvgIpc) is 3.16. The Balaban J connectivity index is 1.80. The highest BCUT2D eigenvalue weighted by molar-refractivity contribution is 5.92. The second-order valence-electron chi connectivity index (χ2n) is 9.95. The van der Waals surface area contributed by atoms with Crippen molar-refractivity contribution >= 4 is 17.8 Å². The Kier molecular flexibility index (Phi) is 9.28. The summed E-state index contributed by atoms with van der Waals surface area (Å²) in [5.74, 6) is 1.26. The van der Waals surface area contributed by atoms with E-state index >= 15 is 0 Å². The van der Waals surface area contributed by atoms with Crippen LogP contribution < -0.4 is 10.6 Å². The fourth-order valence-corrected chi connectivity index (χ4v) is 4.32. The predicted octanol–water partition coefficient (Wildman–Crippen LogP) is 4.42. The molecule has 0 saturated heterocycles. The lowest BCUT2D eigenvalue weighted by Gasteiger charge is -2.36. The third kappa shape index (κ3) is 8.28. The molecule has 1 aromatic rings. The molecule has 1 aromatic heterocycles. The second kappa shape index (κ2) is 11.5. The molecule has 1 aliphatic carbocycles. The topological polar surface area (TPSA) is 111 Å². The Bertz CT molecular complexity index is 783. The van der Waals surface area contributed by atoms with Gasteiger partial charge in [-0.15, -0.1) is 0 Å². The number of ether oxygens (including phenoxy) is 1. The lowest BCUT2D eigenvalue weighted by atomic mass is 9.74. The Hall–Kier alpha value is -2.38. The molecule has 0 aromatic carbocycles. The van der Waals surface area contributed by atoms with Crippen molar-refractivity contribution in [1.29, 1.82) is 0 Å². The van der Waals surface area contributed by atoms with Crippen molar-refractivity contribution in [3.63, 3.8) is 0 Å². The van der Waals surface area contributed by atoms with Gasteiger partial charge in [0.2, 0.25) is 0 Å². The van der Waals surface area contributed by atoms with Crippen molar-refractivity contribution in [2.45, 2.75) is 104 Å². The number of ketones is 1. The molecule has 2 rings (SSSR count). The Morgan fingerprint density at radius 1 is 1.25 bits per heavy atom. The van der Waals surface area contributed by atoms with Gasteiger partial charge in [0.1, 0.15) is 17.1 Å². The minimum Gasteiger partial charge on any atom is -0.444 e. The van der Waals surface area contributed by atoms with Crippen LogP contribution >= 0.6 is 0 Å². The van der Waals surface area contributed by atoms with Crippen LogP contribution in [0.1, 0.15) is 96.3 Å². The number of hydrogen-bond donors (Lipinski definition) is 2. The molecule has 0 radical (unpaired) electrons. The quantitative estimate of drug-likeness (QED) is 0.577. The Morgan fingerprint density at radius 3 is 2.56 bits per heavy atom. The van der Waals surface area contributed by atoms with E-state index in [4.69, 9.17) is 9.26 Å². The molecule has 0 spiro atoms. The second-order valence-corrected chi connectivity index (χ2v) is 9.95. The smallest absolute Gasteiger partial charge is 0.407 e. The molecule has 0 unspecified atom stereocenters. The van der Waals surface area contributed by atoms with E-state index in [0.29, 0.717) is 42.6 Å². The number of carbonyl (C=O) groups excluding carboxylic acids is 3. The number of nitrogens with one attached hydrogen (secondary N) is 2. The van der Waals surface area contributed by atoms with E-state index in [1.54, 1.807) is 26.8 Å². The minimum atomic E-state index is -0.566. The van der Waals surface area contributed by atoms with Crippen LogP contribution in [0.3, 0.4) is 0 Å². The van der Waals surface area contributed by atoms with Crippen molar-refractivity contribution < 1.29 is 23.6 Å². The zero-order chi connectivity index (χ0) is 23.9. The van der Waals surface area contributed by atoms with E-state index < -0.39 is 11.7 Å². The summed E-state index contributed by atoms with van der Waals surface area (Å²) in [4.78, 5) is 37.0. The first-order valence-electron chi connectivity index (χ1n) is 11.8. The first kappa shape index (κ1) is 25.9. The van der Waals surface area contributed by atoms with Crippen LogP contribution in [-0.2, 0) is 16.0 Å². The number of alkyl carbamates (subject to hydrolysis) is 1. The van der Waals surface area contributed by atoms with E-state index in [9.17, 15) is 14.4 Å². The highest BCUT2D eigenvalue weighted by atomic mass is 16.6. The zero-order valence-electron chi connectivity index (χ0n) is 20.3. The number of aromatic nitrogens is 1. The fourth-order valence-electron chi connectivity index (χ4n) is 4.32. The molecule has 8 nitrogen and oxygen atoms in total. The van der Waals surface area contributed by atoms with Crippen LogP contribution in [0.15, 0.2) is 10.6 Å². The molecule has 4 atom stereocenters. The van der Waals surface area contributed by atoms with Gasteiger partial charge in [-0.1, -0.05) is 25.4 Å². The summed E-state index contributed by atoms with van der Waals surface area (Å²) in [5, 5.41) is 9.70. The summed E-state index contributed by atoms with van der Waals surface area (Å²) in [6.45, 7) is 11.3. The van der Waals surface area contributed by atoms with Gasteiger partial charge in [-0.2, -0.15) is 0 Å². The van der Waals surface area contributed by atoms with Crippen LogP contribution in [-0.4, -0.2) is 40.6 Å². The normalized spacial score (nSPS) is 22.1. The lowest BCUT2D eigenvalue weighted by Crippen LogP contribution is -2.44. The van der Waals surface area contributed by atoms with Crippen LogP contribution in [0.25, 0.3) is 0 Å². The molecule has 8 heteroatoms. The summed E-state index contributed by atoms with van der Waals surface area (Å²) in [6.07, 6.45) is 4.55. The van der Waals surface area contributed by atoms with Gasteiger partial charge in [-0.05, 0) is 58.8 Å². The molecule has 2 amide bonds. The minimum absolute atomic E-state index is 0.0772. The molecular weight excluding hydrogens is 410 g/mol. The highest BCUT2D eigenvalue weighted by Crippen LogP contribution is 2.34. The maximum absolute atomic E-state index is 12.6. The van der Waals surface area contributed by atoms with E-state index in [2.05, 4.69) is 22.7 Å². The summed E-state index contributed by atoms with van der Waals surface area (Å²) >= 11 is 0. The molecule has 0 aliphatic heterocycles. The Morgan fingerprint density at radius 2 is 1.97 bits per heavy atom. The van der Waals surface area contributed by atoms with Gasteiger partial charge < -0.3 is 19.9 Å². The van der Waals surface area contributed by atoms with Crippen LogP contribution in [0.2, 0.25) is 0 Å². The van der Waals surface area contributed by atoms with Gasteiger partial charge in [-0.25, -0.2) is 4.79 Å². The van der Waals surface area contributed by atoms with Gasteiger partial charge in [0.05, 0.1) is 0 Å². The molecule has 0 bridgehead atoms. The van der Waals surface area contributed by atoms with Crippen LogP contribution in [0.4, 0.5) is 4.79 Å². The van der Waals surface area contributed by atoms with Crippen molar-refractivity contribution in [3.8, 4) is 0 Å². The largest absolute Gasteiger partial charge is 0.444 e. The van der Waals surface area contributed by atoms with Crippen molar-refractivity contribution in [1.82, 2.24) is 15.8 Å². The van der Waals surface area contributed by atoms with Gasteiger partial charge in [0, 0.05) is 37.4 Å². The van der Waals surface area contributed by atoms with Gasteiger partial charge in [0.15, 0.2) is 5.69 Å². The average molecular weight is 450 g/mol. The molecule has 1 fully saturated rings. The SMILES string of the molecule is CCc1cc(C(=O)N[C@@H]2CC[C@@H](CC(=O)C[C@@H](C)NC(=O)OC(C)(C)C)C[C@@H]2CC)no1. The van der Waals surface area contributed by atoms with Gasteiger partial charge in [0.25, 0.3) is 5.91 Å². The van der Waals surface area contributed by atoms with E-state index in [0.717, 1.165) is 25.7 Å². The first-order valence-corrected chi connectivity index (χ1v) is 11.8. The molecule has 32 heavy (non-hydrogen) atoms. The standard InChI is InChI=1S/C24H39N3O5/c1-7-17-12-16(13-18(28)11-15(3)25-23(30)31-24(4,5)6)9-10-20(17)26-22(29)21-14-19(8-2)32-27-21/h14-17,20H,7-13H2,1-6H3,(H,25,30)(H,26,29)/t15-,16-,17+,20-/m1/s1. The summed E-state index contributed by atoms with van der Waals surface area (Å²) < 4.78 is 10.4. The third-order valence-corrected chi connectivity index (χ3v) is 5.89. The van der Waals surface area contributed by atoms with Crippen molar-refractivity contribution in [2.75, 3.05) is 0 Å². The summed E-state index contributed by atoms with van der Waals surface area (Å²) in [6, 6.07) is 1.49. The fraction of sp³-hybridized carbons (Fsp3) is 0.750. The van der Waals surface area contributed by atoms with E-state index in [-0.39, 0.29) is 23.8 Å². The van der Waals surface area contributed by atoms with E-state index in [1.807, 2.05) is 13.8 Å². The Labute approximate surface area is 191 Å². The molecular formula is C24H39N3O5. The van der Waals surface area contributed by atoms with Crippen molar-refractivity contribution in [2.24, 2.45) is 11.8 Å². The maximum atomic E-state index is 12.6. The maximum Gasteiger partial charge on any atom is 0.407 e. The van der Waals surface area contributed by atoms with E-state index in [1.165, 1.54) is 0 Å². The lowest BCUT2D eigenvalue weighted by molar-refractivity contribution is -0.120. The molecule has 2 N–H and O–H groups in total. The zero-order valence-corrected chi connectivity index (χ0v) is 20.3. The molecule has 1 aliphatic rings. The van der Waals surface area contributed by atoms with Crippen LogP contribution in [0, 0.1) is 11.8 Å². The molecule has 1 heterocycles. The number of nitrogens with zero attached hydrogens (tertiary/aromatic N) is 1. The monoisotopic (exact) mass is 449 g/mol. The summed E-state index contributed by atoms with van der Waals surface area (Å²) in [5.41, 5.74) is -0.247. The predicted molar refractivity (Wildman–Crippen MR) is 121 cm³/mol. The highest BCUT2D eigenvalue weighted by Gasteiger charge is 2.32. The molecule has 1 saturated carbocycles. The molecule has 180 valence electrons. The van der Waals surface area contributed by atoms with Crippen molar-refractivity contribution in [3.05, 3.63) is 17.5 Å². The number of rotatable bonds is 9. The number of carbonyl (C=O) groups is 3. The van der Waals surface area contributed by atoms with Gasteiger partial charge >= 0.3 is 6.09 Å². The third-order valence-electron chi connectivity index (χ3n) is 5.89. The van der Waals surface area contributed by atoms with Crippen LogP contribution in [0.5, 0.6) is 0 Å². The number of hydrogen-bond acceptors (Lipinski definition) is 6. The number of Topliss-reactive ketones (excluding diaryl/α,β-unsaturated/α-hetero) is 1. The van der Waals surface area contributed by atoms with Gasteiger partial charge in [-0.3, -0.25) is 9.59 Å².